The number of carbonyl (C=O) groups excluding carboxylic acids is 1. The highest BCUT2D eigenvalue weighted by molar-refractivity contribution is 5.94. The Kier molecular flexibility index (Phi) is 3.88. The molecule has 1 amide bonds. The number of hydrogen-bond donors (Lipinski definition) is 1. The maximum Gasteiger partial charge on any atom is 0.332 e. The van der Waals surface area contributed by atoms with Crippen molar-refractivity contribution in [2.45, 2.75) is 6.54 Å². The van der Waals surface area contributed by atoms with Gasteiger partial charge in [0.1, 0.15) is 6.54 Å². The van der Waals surface area contributed by atoms with E-state index in [4.69, 9.17) is 0 Å². The lowest BCUT2D eigenvalue weighted by Gasteiger charge is -2.10. The number of hydrogen-bond acceptors (Lipinski definition) is 4. The molecule has 4 rings (SSSR count). The van der Waals surface area contributed by atoms with Crippen molar-refractivity contribution in [1.29, 1.82) is 0 Å². The van der Waals surface area contributed by atoms with Gasteiger partial charge in [0.05, 0.1) is 6.33 Å². The zero-order valence-electron chi connectivity index (χ0n) is 14.8. The maximum absolute atomic E-state index is 12.7. The average molecular weight is 363 g/mol. The molecule has 0 saturated heterocycles. The van der Waals surface area contributed by atoms with E-state index in [0.717, 1.165) is 15.3 Å². The van der Waals surface area contributed by atoms with Gasteiger partial charge in [-0.25, -0.2) is 14.3 Å². The summed E-state index contributed by atoms with van der Waals surface area (Å²) < 4.78 is 3.72. The summed E-state index contributed by atoms with van der Waals surface area (Å²) in [6, 6.07) is 13.3. The number of imidazole rings is 1. The summed E-state index contributed by atoms with van der Waals surface area (Å²) in [7, 11) is 3.19. The predicted molar refractivity (Wildman–Crippen MR) is 103 cm³/mol. The average Bonchev–Trinajstić information content (AvgIpc) is 3.05. The van der Waals surface area contributed by atoms with Crippen LogP contribution in [0.5, 0.6) is 0 Å². The van der Waals surface area contributed by atoms with E-state index >= 15 is 0 Å². The molecule has 0 spiro atoms. The number of anilines is 1. The van der Waals surface area contributed by atoms with E-state index in [0.29, 0.717) is 11.3 Å². The van der Waals surface area contributed by atoms with Gasteiger partial charge in [-0.1, -0.05) is 30.3 Å². The molecule has 0 aliphatic heterocycles. The number of carbonyl (C=O) groups is 1. The molecule has 0 atom stereocenters. The van der Waals surface area contributed by atoms with Crippen LogP contribution < -0.4 is 16.6 Å². The van der Waals surface area contributed by atoms with E-state index in [1.54, 1.807) is 13.1 Å². The largest absolute Gasteiger partial charge is 0.332 e. The van der Waals surface area contributed by atoms with E-state index in [9.17, 15) is 14.4 Å². The van der Waals surface area contributed by atoms with Crippen LogP contribution in [0.25, 0.3) is 21.9 Å². The molecule has 8 nitrogen and oxygen atoms in total. The maximum atomic E-state index is 12.7. The molecule has 0 aliphatic carbocycles. The summed E-state index contributed by atoms with van der Waals surface area (Å²) in [5.41, 5.74) is 0.0427. The number of nitrogens with one attached hydrogen (secondary N) is 1. The summed E-state index contributed by atoms with van der Waals surface area (Å²) in [6.07, 6.45) is 1.46. The molecule has 2 aromatic heterocycles. The first-order valence-electron chi connectivity index (χ1n) is 8.35. The number of amides is 1. The van der Waals surface area contributed by atoms with E-state index in [2.05, 4.69) is 10.3 Å². The highest BCUT2D eigenvalue weighted by Crippen LogP contribution is 2.18. The van der Waals surface area contributed by atoms with Gasteiger partial charge in [0.2, 0.25) is 5.91 Å². The van der Waals surface area contributed by atoms with Gasteiger partial charge in [-0.15, -0.1) is 0 Å². The van der Waals surface area contributed by atoms with Gasteiger partial charge in [0, 0.05) is 19.8 Å². The summed E-state index contributed by atoms with van der Waals surface area (Å²) >= 11 is 0. The van der Waals surface area contributed by atoms with Crippen LogP contribution in [-0.4, -0.2) is 24.6 Å². The minimum absolute atomic E-state index is 0.274. The number of aryl methyl sites for hydroxylation is 2. The third-order valence-corrected chi connectivity index (χ3v) is 4.54. The molecule has 0 saturated carbocycles. The topological polar surface area (TPSA) is 90.9 Å². The molecule has 0 aliphatic rings. The van der Waals surface area contributed by atoms with Crippen molar-refractivity contribution in [2.75, 3.05) is 5.32 Å². The van der Waals surface area contributed by atoms with Crippen LogP contribution in [0.2, 0.25) is 0 Å². The zero-order valence-corrected chi connectivity index (χ0v) is 14.8. The van der Waals surface area contributed by atoms with Crippen molar-refractivity contribution in [3.63, 3.8) is 0 Å². The van der Waals surface area contributed by atoms with E-state index in [1.165, 1.54) is 22.5 Å². The summed E-state index contributed by atoms with van der Waals surface area (Å²) in [4.78, 5) is 41.6. The molecule has 8 heteroatoms. The standard InChI is InChI=1S/C19H17N5O3/c1-22-11-20-17-16(22)18(26)24(19(27)23(17)2)10-15(25)21-14-8-7-12-5-3-4-6-13(12)9-14/h3-9,11H,10H2,1-2H3,(H,21,25). The van der Waals surface area contributed by atoms with E-state index in [-0.39, 0.29) is 12.1 Å². The number of aromatic nitrogens is 4. The molecule has 1 N–H and O–H groups in total. The van der Waals surface area contributed by atoms with Gasteiger partial charge < -0.3 is 9.88 Å². The Hall–Kier alpha value is -3.68. The Morgan fingerprint density at radius 1 is 1.07 bits per heavy atom. The molecule has 136 valence electrons. The van der Waals surface area contributed by atoms with Gasteiger partial charge in [0.15, 0.2) is 11.2 Å². The van der Waals surface area contributed by atoms with Gasteiger partial charge in [0.25, 0.3) is 5.56 Å². The van der Waals surface area contributed by atoms with E-state index < -0.39 is 17.2 Å². The SMILES string of the molecule is Cn1cnc2c1c(=O)n(CC(=O)Nc1ccc3ccccc3c1)c(=O)n2C. The van der Waals surface area contributed by atoms with E-state index in [1.807, 2.05) is 36.4 Å². The molecule has 0 bridgehead atoms. The lowest BCUT2D eigenvalue weighted by atomic mass is 10.1. The fourth-order valence-corrected chi connectivity index (χ4v) is 3.15. The number of benzene rings is 2. The van der Waals surface area contributed by atoms with Crippen LogP contribution >= 0.6 is 0 Å². The van der Waals surface area contributed by atoms with Crippen LogP contribution in [0.1, 0.15) is 0 Å². The number of nitrogens with zero attached hydrogens (tertiary/aromatic N) is 4. The molecule has 0 fully saturated rings. The normalized spacial score (nSPS) is 11.2. The van der Waals surface area contributed by atoms with Crippen molar-refractivity contribution >= 4 is 33.5 Å². The monoisotopic (exact) mass is 363 g/mol. The Labute approximate surface area is 153 Å². The Morgan fingerprint density at radius 3 is 2.59 bits per heavy atom. The lowest BCUT2D eigenvalue weighted by Crippen LogP contribution is -2.42. The Bertz CT molecular complexity index is 1310. The molecule has 27 heavy (non-hydrogen) atoms. The fourth-order valence-electron chi connectivity index (χ4n) is 3.15. The lowest BCUT2D eigenvalue weighted by molar-refractivity contribution is -0.116. The number of fused-ring (bicyclic) bond motifs is 2. The van der Waals surface area contributed by atoms with Crippen molar-refractivity contribution in [2.24, 2.45) is 14.1 Å². The van der Waals surface area contributed by atoms with Gasteiger partial charge >= 0.3 is 5.69 Å². The molecule has 0 radical (unpaired) electrons. The second-order valence-electron chi connectivity index (χ2n) is 6.37. The summed E-state index contributed by atoms with van der Waals surface area (Å²) in [6.45, 7) is -0.376. The number of rotatable bonds is 3. The fraction of sp³-hybridized carbons (Fsp3) is 0.158. The van der Waals surface area contributed by atoms with Gasteiger partial charge in [-0.3, -0.25) is 14.2 Å². The van der Waals surface area contributed by atoms with Crippen LogP contribution in [-0.2, 0) is 25.4 Å². The summed E-state index contributed by atoms with van der Waals surface area (Å²) in [5.74, 6) is -0.453. The predicted octanol–water partition coefficient (Wildman–Crippen LogP) is 1.23. The third-order valence-electron chi connectivity index (χ3n) is 4.54. The second-order valence-corrected chi connectivity index (χ2v) is 6.37. The van der Waals surface area contributed by atoms with Crippen molar-refractivity contribution in [1.82, 2.24) is 18.7 Å². The second kappa shape index (κ2) is 6.24. The highest BCUT2D eigenvalue weighted by atomic mass is 16.2. The quantitative estimate of drug-likeness (QED) is 0.593. The third kappa shape index (κ3) is 2.80. The first kappa shape index (κ1) is 16.8. The van der Waals surface area contributed by atoms with Crippen molar-refractivity contribution < 1.29 is 4.79 Å². The molecule has 2 aromatic carbocycles. The van der Waals surface area contributed by atoms with Crippen molar-refractivity contribution in [3.8, 4) is 0 Å². The minimum atomic E-state index is -0.583. The van der Waals surface area contributed by atoms with Crippen LogP contribution in [0, 0.1) is 0 Å². The minimum Gasteiger partial charge on any atom is -0.328 e. The first-order chi connectivity index (χ1) is 13.0. The van der Waals surface area contributed by atoms with Crippen molar-refractivity contribution in [3.05, 3.63) is 69.6 Å². The molecule has 2 heterocycles. The molecular formula is C19H17N5O3. The van der Waals surface area contributed by atoms with Gasteiger partial charge in [-0.05, 0) is 22.9 Å². The van der Waals surface area contributed by atoms with Gasteiger partial charge in [-0.2, -0.15) is 0 Å². The zero-order chi connectivity index (χ0) is 19.1. The molecule has 4 aromatic rings. The van der Waals surface area contributed by atoms with Crippen LogP contribution in [0.3, 0.4) is 0 Å². The molecule has 0 unspecified atom stereocenters. The van der Waals surface area contributed by atoms with Crippen LogP contribution in [0.15, 0.2) is 58.4 Å². The molecular weight excluding hydrogens is 346 g/mol. The highest BCUT2D eigenvalue weighted by Gasteiger charge is 2.17. The smallest absolute Gasteiger partial charge is 0.328 e. The summed E-state index contributed by atoms with van der Waals surface area (Å²) in [5, 5.41) is 4.79. The van der Waals surface area contributed by atoms with Crippen LogP contribution in [0.4, 0.5) is 5.69 Å². The first-order valence-corrected chi connectivity index (χ1v) is 8.35. The Balaban J connectivity index is 1.67. The Morgan fingerprint density at radius 2 is 1.81 bits per heavy atom.